The molecule has 2 heteroatoms. The van der Waals surface area contributed by atoms with Gasteiger partial charge in [-0.1, -0.05) is 53.7 Å². The first-order chi connectivity index (χ1) is 8.72. The molecule has 0 nitrogen and oxygen atoms in total. The van der Waals surface area contributed by atoms with Crippen molar-refractivity contribution in [3.8, 4) is 0 Å². The lowest BCUT2D eigenvalue weighted by molar-refractivity contribution is 1.08. The molecule has 0 saturated heterocycles. The lowest BCUT2D eigenvalue weighted by Crippen LogP contribution is -1.86. The third kappa shape index (κ3) is 3.39. The van der Waals surface area contributed by atoms with Crippen LogP contribution in [0.25, 0.3) is 0 Å². The van der Waals surface area contributed by atoms with Crippen molar-refractivity contribution in [2.45, 2.75) is 36.5 Å². The van der Waals surface area contributed by atoms with Crippen LogP contribution in [0.1, 0.15) is 25.0 Å². The predicted octanol–water partition coefficient (Wildman–Crippen LogP) is 5.73. The second-order valence-electron chi connectivity index (χ2n) is 4.21. The average Bonchev–Trinajstić information content (AvgIpc) is 2.41. The maximum atomic E-state index is 3.53. The summed E-state index contributed by atoms with van der Waals surface area (Å²) in [4.78, 5) is 2.66. The summed E-state index contributed by atoms with van der Waals surface area (Å²) in [6.07, 6.45) is 2.16. The molecule has 0 aliphatic heterocycles. The largest absolute Gasteiger partial charge is 0.0898 e. The second kappa shape index (κ2) is 6.44. The number of hydrogen-bond acceptors (Lipinski definition) is 1. The van der Waals surface area contributed by atoms with E-state index in [0.29, 0.717) is 0 Å². The van der Waals surface area contributed by atoms with Crippen molar-refractivity contribution in [2.24, 2.45) is 0 Å². The Kier molecular flexibility index (Phi) is 4.90. The van der Waals surface area contributed by atoms with E-state index in [1.807, 2.05) is 11.8 Å². The van der Waals surface area contributed by atoms with Crippen molar-refractivity contribution in [2.75, 3.05) is 0 Å². The molecule has 2 aromatic carbocycles. The van der Waals surface area contributed by atoms with Gasteiger partial charge < -0.3 is 0 Å². The summed E-state index contributed by atoms with van der Waals surface area (Å²) in [5.41, 5.74) is 2.79. The molecule has 18 heavy (non-hydrogen) atoms. The van der Waals surface area contributed by atoms with Gasteiger partial charge in [-0.05, 0) is 54.3 Å². The summed E-state index contributed by atoms with van der Waals surface area (Å²) in [5.74, 6) is 0. The summed E-state index contributed by atoms with van der Waals surface area (Å²) in [5, 5.41) is 0. The van der Waals surface area contributed by atoms with E-state index in [4.69, 9.17) is 0 Å². The Bertz CT molecular complexity index is 517. The minimum Gasteiger partial charge on any atom is -0.0898 e. The Morgan fingerprint density at radius 3 is 2.28 bits per heavy atom. The van der Waals surface area contributed by atoms with Crippen LogP contribution in [-0.4, -0.2) is 0 Å². The molecule has 2 aromatic rings. The monoisotopic (exact) mass is 320 g/mol. The maximum absolute atomic E-state index is 3.53. The highest BCUT2D eigenvalue weighted by Crippen LogP contribution is 2.32. The van der Waals surface area contributed by atoms with Crippen LogP contribution in [0, 0.1) is 0 Å². The molecule has 0 N–H and O–H groups in total. The Balaban J connectivity index is 2.22. The van der Waals surface area contributed by atoms with Crippen LogP contribution >= 0.6 is 27.7 Å². The summed E-state index contributed by atoms with van der Waals surface area (Å²) in [6.45, 7) is 4.39. The molecule has 0 aliphatic rings. The van der Waals surface area contributed by atoms with Crippen molar-refractivity contribution in [3.05, 3.63) is 58.1 Å². The van der Waals surface area contributed by atoms with Crippen LogP contribution in [0.3, 0.4) is 0 Å². The van der Waals surface area contributed by atoms with Gasteiger partial charge in [0.1, 0.15) is 0 Å². The Morgan fingerprint density at radius 2 is 1.67 bits per heavy atom. The zero-order chi connectivity index (χ0) is 13.0. The molecular weight excluding hydrogens is 304 g/mol. The van der Waals surface area contributed by atoms with Gasteiger partial charge in [-0.2, -0.15) is 0 Å². The maximum Gasteiger partial charge on any atom is 0.0178 e. The molecule has 0 heterocycles. The van der Waals surface area contributed by atoms with Gasteiger partial charge in [0, 0.05) is 14.3 Å². The first-order valence-corrected chi connectivity index (χ1v) is 7.89. The molecule has 0 atom stereocenters. The van der Waals surface area contributed by atoms with Crippen LogP contribution in [0.4, 0.5) is 0 Å². The van der Waals surface area contributed by atoms with Gasteiger partial charge in [0.25, 0.3) is 0 Å². The predicted molar refractivity (Wildman–Crippen MR) is 83.5 cm³/mol. The summed E-state index contributed by atoms with van der Waals surface area (Å²) in [7, 11) is 0. The van der Waals surface area contributed by atoms with E-state index in [1.165, 1.54) is 20.9 Å². The Labute approximate surface area is 122 Å². The third-order valence-corrected chi connectivity index (χ3v) is 4.58. The number of benzene rings is 2. The van der Waals surface area contributed by atoms with Crippen LogP contribution < -0.4 is 0 Å². The van der Waals surface area contributed by atoms with Crippen LogP contribution in [0.15, 0.2) is 56.7 Å². The molecule has 0 amide bonds. The van der Waals surface area contributed by atoms with Crippen molar-refractivity contribution >= 4 is 27.7 Å². The topological polar surface area (TPSA) is 0 Å². The van der Waals surface area contributed by atoms with E-state index in [-0.39, 0.29) is 0 Å². The highest BCUT2D eigenvalue weighted by atomic mass is 79.9. The molecular formula is C16H17BrS. The zero-order valence-electron chi connectivity index (χ0n) is 10.7. The Hall–Kier alpha value is -0.730. The fourth-order valence-corrected chi connectivity index (χ4v) is 3.25. The molecule has 0 fully saturated rings. The van der Waals surface area contributed by atoms with Crippen molar-refractivity contribution in [3.63, 3.8) is 0 Å². The molecule has 0 bridgehead atoms. The number of halogens is 1. The molecule has 0 saturated carbocycles. The average molecular weight is 321 g/mol. The Morgan fingerprint density at radius 1 is 0.944 bits per heavy atom. The molecule has 0 aromatic heterocycles. The fourth-order valence-electron chi connectivity index (χ4n) is 1.84. The standard InChI is InChI=1S/C16H17BrS/c1-3-12-5-8-15(9-6-12)18-16-10-7-14(17)11-13(16)4-2/h5-11H,3-4H2,1-2H3. The van der Waals surface area contributed by atoms with Gasteiger partial charge >= 0.3 is 0 Å². The summed E-state index contributed by atoms with van der Waals surface area (Å²) in [6, 6.07) is 15.4. The van der Waals surface area contributed by atoms with Crippen LogP contribution in [0.2, 0.25) is 0 Å². The van der Waals surface area contributed by atoms with Gasteiger partial charge in [0.2, 0.25) is 0 Å². The van der Waals surface area contributed by atoms with Gasteiger partial charge in [-0.25, -0.2) is 0 Å². The molecule has 0 radical (unpaired) electrons. The quantitative estimate of drug-likeness (QED) is 0.693. The smallest absolute Gasteiger partial charge is 0.0178 e. The SMILES string of the molecule is CCc1ccc(Sc2ccc(Br)cc2CC)cc1. The van der Waals surface area contributed by atoms with E-state index >= 15 is 0 Å². The minimum atomic E-state index is 1.06. The van der Waals surface area contributed by atoms with E-state index in [0.717, 1.165) is 17.3 Å². The molecule has 0 aliphatic carbocycles. The van der Waals surface area contributed by atoms with Crippen LogP contribution in [-0.2, 0) is 12.8 Å². The first kappa shape index (κ1) is 13.7. The van der Waals surface area contributed by atoms with E-state index < -0.39 is 0 Å². The van der Waals surface area contributed by atoms with Gasteiger partial charge in [0.15, 0.2) is 0 Å². The molecule has 94 valence electrons. The zero-order valence-corrected chi connectivity index (χ0v) is 13.1. The number of hydrogen-bond donors (Lipinski definition) is 0. The fraction of sp³-hybridized carbons (Fsp3) is 0.250. The lowest BCUT2D eigenvalue weighted by atomic mass is 10.2. The highest BCUT2D eigenvalue weighted by molar-refractivity contribution is 9.10. The van der Waals surface area contributed by atoms with Gasteiger partial charge in [-0.3, -0.25) is 0 Å². The van der Waals surface area contributed by atoms with Gasteiger partial charge in [-0.15, -0.1) is 0 Å². The van der Waals surface area contributed by atoms with E-state index in [9.17, 15) is 0 Å². The van der Waals surface area contributed by atoms with Crippen molar-refractivity contribution in [1.82, 2.24) is 0 Å². The highest BCUT2D eigenvalue weighted by Gasteiger charge is 2.04. The van der Waals surface area contributed by atoms with Crippen molar-refractivity contribution < 1.29 is 0 Å². The molecule has 2 rings (SSSR count). The lowest BCUT2D eigenvalue weighted by Gasteiger charge is -2.08. The summed E-state index contributed by atoms with van der Waals surface area (Å²) < 4.78 is 1.16. The number of rotatable bonds is 4. The molecule has 0 unspecified atom stereocenters. The van der Waals surface area contributed by atoms with E-state index in [2.05, 4.69) is 72.2 Å². The first-order valence-electron chi connectivity index (χ1n) is 6.28. The molecule has 0 spiro atoms. The van der Waals surface area contributed by atoms with E-state index in [1.54, 1.807) is 0 Å². The minimum absolute atomic E-state index is 1.06. The van der Waals surface area contributed by atoms with Crippen LogP contribution in [0.5, 0.6) is 0 Å². The third-order valence-electron chi connectivity index (χ3n) is 2.96. The second-order valence-corrected chi connectivity index (χ2v) is 6.24. The summed E-state index contributed by atoms with van der Waals surface area (Å²) >= 11 is 5.38. The van der Waals surface area contributed by atoms with Crippen molar-refractivity contribution in [1.29, 1.82) is 0 Å². The normalized spacial score (nSPS) is 10.6. The number of aryl methyl sites for hydroxylation is 2. The van der Waals surface area contributed by atoms with Gasteiger partial charge in [0.05, 0.1) is 0 Å².